The third kappa shape index (κ3) is 30.6. The molecule has 0 saturated heterocycles. The van der Waals surface area contributed by atoms with Gasteiger partial charge in [0.1, 0.15) is 24.0 Å². The first-order valence-corrected chi connectivity index (χ1v) is 21.6. The van der Waals surface area contributed by atoms with Crippen molar-refractivity contribution in [2.24, 2.45) is 22.6 Å². The molecule has 0 bridgehead atoms. The van der Waals surface area contributed by atoms with Crippen molar-refractivity contribution < 1.29 is 42.9 Å². The largest absolute Gasteiger partial charge is 0.461 e. The summed E-state index contributed by atoms with van der Waals surface area (Å²) in [6, 6.07) is 9.67. The van der Waals surface area contributed by atoms with Crippen molar-refractivity contribution in [3.63, 3.8) is 0 Å². The number of hydrogen-bond donors (Lipinski definition) is 4. The van der Waals surface area contributed by atoms with Gasteiger partial charge in [-0.2, -0.15) is 0 Å². The van der Waals surface area contributed by atoms with Crippen LogP contribution in [0, 0.1) is 5.41 Å². The number of nitrogens with two attached hydrogens (primary N) is 3. The topological polar surface area (TPSA) is 212 Å². The summed E-state index contributed by atoms with van der Waals surface area (Å²) in [6.07, 6.45) is 14.1. The quantitative estimate of drug-likeness (QED) is 0.0467. The minimum atomic E-state index is -0.855. The number of benzene rings is 1. The smallest absolute Gasteiger partial charge is 0.306 e. The van der Waals surface area contributed by atoms with Crippen molar-refractivity contribution in [1.29, 1.82) is 0 Å². The monoisotopic (exact) mass is 805 g/mol. The Labute approximate surface area is 342 Å². The maximum absolute atomic E-state index is 13.5. The van der Waals surface area contributed by atoms with E-state index < -0.39 is 5.41 Å². The molecule has 1 aromatic rings. The standard InChI is InChI=1S/C44H76N4O9/c45-26-14-12-19-39(49)23-30-54-35-44(36-55-31-24-40(50)20-13-15-27-46,37-56-32-25-42(52)48-29-16-28-47)33-41(51)21-10-5-3-1-2-4-6-11-22-43(53)57-34-38-17-8-7-9-18-38/h7-9,17-18H,1-6,10-16,19-37,45-47H2,(H,48,52). The first-order valence-electron chi connectivity index (χ1n) is 21.6. The number of Topliss-reactive ketones (excluding diaryl/α,β-unsaturated/α-hetero) is 3. The van der Waals surface area contributed by atoms with E-state index in [1.807, 2.05) is 30.3 Å². The number of nitrogens with one attached hydrogen (secondary N) is 1. The number of rotatable bonds is 41. The highest BCUT2D eigenvalue weighted by atomic mass is 16.5. The Balaban J connectivity index is 2.65. The van der Waals surface area contributed by atoms with E-state index in [1.54, 1.807) is 0 Å². The van der Waals surface area contributed by atoms with Gasteiger partial charge in [-0.05, 0) is 70.1 Å². The fraction of sp³-hybridized carbons (Fsp3) is 0.750. The first kappa shape index (κ1) is 51.9. The van der Waals surface area contributed by atoms with Gasteiger partial charge in [0, 0.05) is 63.3 Å². The van der Waals surface area contributed by atoms with Crippen LogP contribution < -0.4 is 22.5 Å². The molecule has 0 atom stereocenters. The second kappa shape index (κ2) is 36.0. The third-order valence-corrected chi connectivity index (χ3v) is 9.67. The number of hydrogen-bond acceptors (Lipinski definition) is 12. The van der Waals surface area contributed by atoms with Gasteiger partial charge in [0.2, 0.25) is 5.91 Å². The van der Waals surface area contributed by atoms with Crippen LogP contribution in [0.4, 0.5) is 0 Å². The van der Waals surface area contributed by atoms with Gasteiger partial charge in [-0.3, -0.25) is 24.0 Å². The average Bonchev–Trinajstić information content (AvgIpc) is 3.20. The molecular weight excluding hydrogens is 729 g/mol. The highest BCUT2D eigenvalue weighted by Crippen LogP contribution is 2.27. The minimum absolute atomic E-state index is 0.0696. The summed E-state index contributed by atoms with van der Waals surface area (Å²) in [5, 5.41) is 2.82. The Bertz CT molecular complexity index is 1130. The van der Waals surface area contributed by atoms with Gasteiger partial charge in [-0.15, -0.1) is 0 Å². The molecule has 13 nitrogen and oxygen atoms in total. The second-order valence-corrected chi connectivity index (χ2v) is 15.2. The van der Waals surface area contributed by atoms with Gasteiger partial charge in [0.25, 0.3) is 0 Å². The van der Waals surface area contributed by atoms with Crippen molar-refractivity contribution in [1.82, 2.24) is 5.32 Å². The predicted molar refractivity (Wildman–Crippen MR) is 223 cm³/mol. The molecule has 0 unspecified atom stereocenters. The van der Waals surface area contributed by atoms with Crippen LogP contribution in [-0.4, -0.2) is 95.0 Å². The maximum Gasteiger partial charge on any atom is 0.306 e. The zero-order chi connectivity index (χ0) is 41.7. The van der Waals surface area contributed by atoms with Gasteiger partial charge < -0.3 is 41.5 Å². The van der Waals surface area contributed by atoms with E-state index in [-0.39, 0.29) is 94.6 Å². The molecule has 0 aliphatic carbocycles. The Hall–Kier alpha value is -3.07. The van der Waals surface area contributed by atoms with Crippen molar-refractivity contribution in [2.45, 2.75) is 141 Å². The van der Waals surface area contributed by atoms with Crippen LogP contribution in [0.5, 0.6) is 0 Å². The fourth-order valence-corrected chi connectivity index (χ4v) is 6.25. The fourth-order valence-electron chi connectivity index (χ4n) is 6.25. The van der Waals surface area contributed by atoms with Gasteiger partial charge in [0.05, 0.1) is 39.6 Å². The summed E-state index contributed by atoms with van der Waals surface area (Å²) in [5.74, 6) is -0.0262. The lowest BCUT2D eigenvalue weighted by atomic mass is 9.83. The number of carbonyl (C=O) groups is 5. The van der Waals surface area contributed by atoms with Crippen LogP contribution in [-0.2, 0) is 49.5 Å². The summed E-state index contributed by atoms with van der Waals surface area (Å²) in [4.78, 5) is 62.6. The summed E-state index contributed by atoms with van der Waals surface area (Å²) < 4.78 is 23.5. The van der Waals surface area contributed by atoms with E-state index in [0.29, 0.717) is 64.9 Å². The molecule has 0 saturated carbocycles. The van der Waals surface area contributed by atoms with Crippen LogP contribution in [0.2, 0.25) is 0 Å². The van der Waals surface area contributed by atoms with Crippen molar-refractivity contribution in [3.05, 3.63) is 35.9 Å². The van der Waals surface area contributed by atoms with Crippen LogP contribution in [0.1, 0.15) is 140 Å². The molecule has 0 aliphatic heterocycles. The van der Waals surface area contributed by atoms with Crippen LogP contribution in [0.15, 0.2) is 30.3 Å². The maximum atomic E-state index is 13.5. The molecule has 0 aromatic heterocycles. The molecule has 0 spiro atoms. The molecule has 326 valence electrons. The number of ether oxygens (including phenoxy) is 4. The molecular formula is C44H76N4O9. The van der Waals surface area contributed by atoms with Crippen LogP contribution in [0.3, 0.4) is 0 Å². The normalized spacial score (nSPS) is 11.4. The Kier molecular flexibility index (Phi) is 32.8. The molecule has 57 heavy (non-hydrogen) atoms. The summed E-state index contributed by atoms with van der Waals surface area (Å²) in [7, 11) is 0. The molecule has 1 rings (SSSR count). The van der Waals surface area contributed by atoms with E-state index in [9.17, 15) is 24.0 Å². The predicted octanol–water partition coefficient (Wildman–Crippen LogP) is 5.66. The molecule has 0 radical (unpaired) electrons. The van der Waals surface area contributed by atoms with Gasteiger partial charge >= 0.3 is 5.97 Å². The van der Waals surface area contributed by atoms with E-state index >= 15 is 0 Å². The van der Waals surface area contributed by atoms with E-state index in [4.69, 9.17) is 36.1 Å². The van der Waals surface area contributed by atoms with Crippen LogP contribution in [0.25, 0.3) is 0 Å². The third-order valence-electron chi connectivity index (χ3n) is 9.67. The second-order valence-electron chi connectivity index (χ2n) is 15.2. The average molecular weight is 805 g/mol. The SMILES string of the molecule is NCCCCC(=O)CCOCC(COCCC(=O)CCCCN)(COCCC(=O)NCCCN)CC(=O)CCCCCCCCCCC(=O)OCc1ccccc1. The lowest BCUT2D eigenvalue weighted by Gasteiger charge is -2.33. The first-order chi connectivity index (χ1) is 27.7. The Morgan fingerprint density at radius 1 is 0.509 bits per heavy atom. The number of unbranched alkanes of at least 4 members (excludes halogenated alkanes) is 9. The molecule has 1 amide bonds. The molecule has 7 N–H and O–H groups in total. The van der Waals surface area contributed by atoms with Gasteiger partial charge in [-0.1, -0.05) is 68.9 Å². The summed E-state index contributed by atoms with van der Waals surface area (Å²) >= 11 is 0. The number of amides is 1. The molecule has 0 fully saturated rings. The number of carbonyl (C=O) groups excluding carboxylic acids is 5. The van der Waals surface area contributed by atoms with E-state index in [1.165, 1.54) is 0 Å². The zero-order valence-electron chi connectivity index (χ0n) is 34.9. The molecule has 0 aliphatic rings. The summed E-state index contributed by atoms with van der Waals surface area (Å²) in [6.45, 7) is 3.35. The molecule has 0 heterocycles. The van der Waals surface area contributed by atoms with Gasteiger partial charge in [-0.25, -0.2) is 0 Å². The number of ketones is 3. The lowest BCUT2D eigenvalue weighted by molar-refractivity contribution is -0.145. The van der Waals surface area contributed by atoms with Gasteiger partial charge in [0.15, 0.2) is 0 Å². The molecule has 13 heteroatoms. The Morgan fingerprint density at radius 2 is 0.965 bits per heavy atom. The number of esters is 1. The molecule has 1 aromatic carbocycles. The van der Waals surface area contributed by atoms with Crippen molar-refractivity contribution >= 4 is 29.2 Å². The lowest BCUT2D eigenvalue weighted by Crippen LogP contribution is -2.40. The highest BCUT2D eigenvalue weighted by Gasteiger charge is 2.34. The van der Waals surface area contributed by atoms with Crippen LogP contribution >= 0.6 is 0 Å². The zero-order valence-corrected chi connectivity index (χ0v) is 34.9. The Morgan fingerprint density at radius 3 is 1.49 bits per heavy atom. The summed E-state index contributed by atoms with van der Waals surface area (Å²) in [5.41, 5.74) is 16.8. The van der Waals surface area contributed by atoms with E-state index in [2.05, 4.69) is 5.32 Å². The van der Waals surface area contributed by atoms with Crippen molar-refractivity contribution in [3.8, 4) is 0 Å². The highest BCUT2D eigenvalue weighted by molar-refractivity contribution is 5.79. The van der Waals surface area contributed by atoms with E-state index in [0.717, 1.165) is 82.6 Å². The minimum Gasteiger partial charge on any atom is -0.461 e. The van der Waals surface area contributed by atoms with Crippen molar-refractivity contribution in [2.75, 3.05) is 65.8 Å².